The molecule has 2 aliphatic carbocycles. The zero-order valence-electron chi connectivity index (χ0n) is 35.8. The monoisotopic (exact) mass is 848 g/mol. The maximum Gasteiger partial charge on any atom is 0.253 e. The number of hydrogen-bond donors (Lipinski definition) is 2. The van der Waals surface area contributed by atoms with E-state index in [0.717, 1.165) is 90.9 Å². The van der Waals surface area contributed by atoms with Crippen LogP contribution in [0.2, 0.25) is 0 Å². The van der Waals surface area contributed by atoms with Gasteiger partial charge in [0.05, 0.1) is 22.5 Å². The minimum absolute atomic E-state index is 0.00874. The normalized spacial score (nSPS) is 22.2. The molecule has 2 N–H and O–H groups in total. The molecule has 2 aromatic carbocycles. The van der Waals surface area contributed by atoms with Crippen LogP contribution in [0.1, 0.15) is 72.1 Å². The zero-order chi connectivity index (χ0) is 43.6. The highest BCUT2D eigenvalue weighted by atomic mass is 19.1. The molecule has 0 spiro atoms. The summed E-state index contributed by atoms with van der Waals surface area (Å²) in [6.07, 6.45) is 9.83. The van der Waals surface area contributed by atoms with Gasteiger partial charge in [0.25, 0.3) is 11.8 Å². The van der Waals surface area contributed by atoms with Crippen molar-refractivity contribution in [3.63, 3.8) is 0 Å². The van der Waals surface area contributed by atoms with Gasteiger partial charge >= 0.3 is 0 Å². The fourth-order valence-corrected chi connectivity index (χ4v) is 8.89. The minimum atomic E-state index is -0.320. The number of likely N-dealkylation sites (N-methyl/N-ethyl adjacent to an activating group) is 2. The lowest BCUT2D eigenvalue weighted by molar-refractivity contribution is -0.139. The summed E-state index contributed by atoms with van der Waals surface area (Å²) >= 11 is 0. The Bertz CT molecular complexity index is 2000. The van der Waals surface area contributed by atoms with E-state index in [-0.39, 0.29) is 59.2 Å². The molecule has 14 heteroatoms. The number of nitrogens with zero attached hydrogens (tertiary/aromatic N) is 6. The van der Waals surface area contributed by atoms with E-state index in [1.165, 1.54) is 36.7 Å². The van der Waals surface area contributed by atoms with Gasteiger partial charge in [-0.2, -0.15) is 0 Å². The number of pyridine rings is 2. The molecule has 12 nitrogen and oxygen atoms in total. The van der Waals surface area contributed by atoms with Crippen molar-refractivity contribution in [1.82, 2.24) is 40.2 Å². The lowest BCUT2D eigenvalue weighted by atomic mass is 9.84. The third-order valence-corrected chi connectivity index (χ3v) is 12.6. The van der Waals surface area contributed by atoms with Crippen LogP contribution in [0.4, 0.5) is 8.78 Å². The van der Waals surface area contributed by atoms with Crippen molar-refractivity contribution in [1.29, 1.82) is 0 Å². The smallest absolute Gasteiger partial charge is 0.253 e. The number of carbonyl (C=O) groups excluding carboxylic acids is 4. The fourth-order valence-electron chi connectivity index (χ4n) is 8.89. The number of benzene rings is 2. The number of aromatic nitrogens is 2. The van der Waals surface area contributed by atoms with Gasteiger partial charge in [-0.25, -0.2) is 8.78 Å². The molecule has 2 aromatic heterocycles. The van der Waals surface area contributed by atoms with Crippen molar-refractivity contribution in [2.24, 2.45) is 11.8 Å². The van der Waals surface area contributed by atoms with Crippen molar-refractivity contribution in [3.05, 3.63) is 108 Å². The van der Waals surface area contributed by atoms with E-state index in [1.807, 2.05) is 9.80 Å². The summed E-state index contributed by atoms with van der Waals surface area (Å²) in [5, 5.41) is 6.16. The van der Waals surface area contributed by atoms with Crippen LogP contribution < -0.4 is 10.6 Å². The number of nitrogens with one attached hydrogen (secondary N) is 2. The number of piperazine rings is 2. The van der Waals surface area contributed by atoms with E-state index < -0.39 is 0 Å². The molecule has 0 bridgehead atoms. The summed E-state index contributed by atoms with van der Waals surface area (Å²) in [7, 11) is 4.15. The van der Waals surface area contributed by atoms with Crippen LogP contribution in [-0.2, 0) is 9.59 Å². The van der Waals surface area contributed by atoms with E-state index in [9.17, 15) is 28.0 Å². The van der Waals surface area contributed by atoms with Gasteiger partial charge in [0.1, 0.15) is 11.6 Å². The highest BCUT2D eigenvalue weighted by Crippen LogP contribution is 2.29. The second-order valence-corrected chi connectivity index (χ2v) is 17.2. The number of carbonyl (C=O) groups is 4. The SMILES string of the molecule is CN1CCN(C(=O)[C@@H]2CCC[C@H](NC(=O)c3ccc(-c4cccc(F)c4)nc3)C2)CC1.CN1CCN(C(=O)[C@H]2CCC[C@@H](NC(=O)c3ccc(-c4cccc(F)c4)nc3)C2)CC1. The fraction of sp³-hybridized carbons (Fsp3) is 0.458. The van der Waals surface area contributed by atoms with E-state index in [4.69, 9.17) is 0 Å². The summed E-state index contributed by atoms with van der Waals surface area (Å²) in [4.78, 5) is 68.3. The Balaban J connectivity index is 0.000000186. The molecule has 0 unspecified atom stereocenters. The van der Waals surface area contributed by atoms with Gasteiger partial charge < -0.3 is 30.2 Å². The highest BCUT2D eigenvalue weighted by Gasteiger charge is 2.34. The predicted octanol–water partition coefficient (Wildman–Crippen LogP) is 5.90. The Morgan fingerprint density at radius 3 is 1.31 bits per heavy atom. The molecule has 0 radical (unpaired) electrons. The van der Waals surface area contributed by atoms with Gasteiger partial charge in [-0.05, 0) is 101 Å². The molecule has 8 rings (SSSR count). The first-order chi connectivity index (χ1) is 30.0. The van der Waals surface area contributed by atoms with Gasteiger partial charge in [-0.15, -0.1) is 0 Å². The lowest BCUT2D eigenvalue weighted by Gasteiger charge is -2.37. The Morgan fingerprint density at radius 2 is 0.952 bits per heavy atom. The molecule has 4 amide bonds. The molecular formula is C48H58F2N8O4. The molecule has 2 aliphatic heterocycles. The molecule has 62 heavy (non-hydrogen) atoms. The number of hydrogen-bond acceptors (Lipinski definition) is 8. The van der Waals surface area contributed by atoms with Gasteiger partial charge in [-0.1, -0.05) is 37.1 Å². The van der Waals surface area contributed by atoms with Crippen molar-refractivity contribution in [3.8, 4) is 22.5 Å². The standard InChI is InChI=1S/2C24H29FN4O2/c2*1-28-10-12-29(13-11-28)24(31)18-5-3-7-21(15-18)27-23(30)19-8-9-22(26-16-19)17-4-2-6-20(25)14-17/h2*2,4,6,8-9,14,16,18,21H,3,5,7,10-13,15H2,1H3,(H,27,30)/t2*18-,21+/m10/s1. The van der Waals surface area contributed by atoms with Crippen molar-refractivity contribution < 1.29 is 28.0 Å². The van der Waals surface area contributed by atoms with Gasteiger partial charge in [0.15, 0.2) is 0 Å². The van der Waals surface area contributed by atoms with Crippen molar-refractivity contribution in [2.75, 3.05) is 66.5 Å². The Morgan fingerprint density at radius 1 is 0.548 bits per heavy atom. The lowest BCUT2D eigenvalue weighted by Crippen LogP contribution is -2.50. The number of rotatable bonds is 8. The third kappa shape index (κ3) is 11.9. The number of amides is 4. The molecule has 4 atom stereocenters. The van der Waals surface area contributed by atoms with Gasteiger partial charge in [0, 0.05) is 99.8 Å². The third-order valence-electron chi connectivity index (χ3n) is 12.6. The quantitative estimate of drug-likeness (QED) is 0.224. The molecule has 4 heterocycles. The first kappa shape index (κ1) is 44.5. The largest absolute Gasteiger partial charge is 0.349 e. The number of halogens is 2. The maximum atomic E-state index is 13.4. The molecule has 328 valence electrons. The van der Waals surface area contributed by atoms with E-state index in [1.54, 1.807) is 48.5 Å². The van der Waals surface area contributed by atoms with E-state index in [2.05, 4.69) is 44.5 Å². The highest BCUT2D eigenvalue weighted by molar-refractivity contribution is 5.95. The second-order valence-electron chi connectivity index (χ2n) is 17.2. The Hall–Kier alpha value is -5.60. The van der Waals surface area contributed by atoms with Crippen molar-refractivity contribution >= 4 is 23.6 Å². The average molecular weight is 849 g/mol. The molecule has 2 saturated heterocycles. The van der Waals surface area contributed by atoms with Crippen molar-refractivity contribution in [2.45, 2.75) is 63.5 Å². The molecule has 4 aliphatic rings. The first-order valence-electron chi connectivity index (χ1n) is 22.0. The summed E-state index contributed by atoms with van der Waals surface area (Å²) in [5.41, 5.74) is 3.51. The second kappa shape index (κ2) is 21.0. The summed E-state index contributed by atoms with van der Waals surface area (Å²) in [6.45, 7) is 6.79. The Labute approximate surface area is 363 Å². The summed E-state index contributed by atoms with van der Waals surface area (Å²) in [5.74, 6) is -0.585. The Kier molecular flexibility index (Phi) is 15.0. The topological polar surface area (TPSA) is 131 Å². The average Bonchev–Trinajstić information content (AvgIpc) is 3.29. The molecule has 4 aromatic rings. The van der Waals surface area contributed by atoms with Crippen LogP contribution in [0.25, 0.3) is 22.5 Å². The predicted molar refractivity (Wildman–Crippen MR) is 234 cm³/mol. The summed E-state index contributed by atoms with van der Waals surface area (Å²) < 4.78 is 26.8. The van der Waals surface area contributed by atoms with Crippen LogP contribution in [0, 0.1) is 23.5 Å². The molecular weight excluding hydrogens is 791 g/mol. The zero-order valence-corrected chi connectivity index (χ0v) is 35.8. The van der Waals surface area contributed by atoms with Gasteiger partial charge in [-0.3, -0.25) is 29.1 Å². The van der Waals surface area contributed by atoms with Crippen LogP contribution >= 0.6 is 0 Å². The minimum Gasteiger partial charge on any atom is -0.349 e. The van der Waals surface area contributed by atoms with E-state index >= 15 is 0 Å². The first-order valence-corrected chi connectivity index (χ1v) is 22.0. The van der Waals surface area contributed by atoms with Gasteiger partial charge in [0.2, 0.25) is 11.8 Å². The van der Waals surface area contributed by atoms with Crippen LogP contribution in [0.15, 0.2) is 85.2 Å². The van der Waals surface area contributed by atoms with Crippen LogP contribution in [0.3, 0.4) is 0 Å². The molecule has 2 saturated carbocycles. The van der Waals surface area contributed by atoms with E-state index in [0.29, 0.717) is 46.5 Å². The van der Waals surface area contributed by atoms with Crippen LogP contribution in [-0.4, -0.2) is 132 Å². The van der Waals surface area contributed by atoms with Crippen LogP contribution in [0.5, 0.6) is 0 Å². The molecule has 4 fully saturated rings. The maximum absolute atomic E-state index is 13.4. The summed E-state index contributed by atoms with van der Waals surface area (Å²) in [6, 6.07) is 19.3.